The Labute approximate surface area is 254 Å². The Bertz CT molecular complexity index is 2530. The van der Waals surface area contributed by atoms with Gasteiger partial charge in [-0.25, -0.2) is 9.97 Å². The average Bonchev–Trinajstić information content (AvgIpc) is 3.11. The minimum absolute atomic E-state index is 0.874. The second-order valence-electron chi connectivity index (χ2n) is 11.4. The molecule has 0 aliphatic carbocycles. The first-order chi connectivity index (χ1) is 21.8. The summed E-state index contributed by atoms with van der Waals surface area (Å²) < 4.78 is 0. The Hall–Kier alpha value is -5.86. The highest BCUT2D eigenvalue weighted by atomic mass is 14.8. The Morgan fingerprint density at radius 1 is 0.273 bits per heavy atom. The fraction of sp³-hybridized carbons (Fsp3) is 0. The van der Waals surface area contributed by atoms with Gasteiger partial charge in [0.15, 0.2) is 0 Å². The molecule has 44 heavy (non-hydrogen) atoms. The number of benzene rings is 7. The van der Waals surface area contributed by atoms with E-state index in [4.69, 9.17) is 9.97 Å². The van der Waals surface area contributed by atoms with Crippen LogP contribution < -0.4 is 0 Å². The Kier molecular flexibility index (Phi) is 5.54. The van der Waals surface area contributed by atoms with E-state index in [1.807, 2.05) is 6.07 Å². The predicted octanol–water partition coefficient (Wildman–Crippen LogP) is 11.2. The van der Waals surface area contributed by atoms with Gasteiger partial charge in [-0.2, -0.15) is 0 Å². The minimum Gasteiger partial charge on any atom is -0.246 e. The van der Waals surface area contributed by atoms with E-state index in [0.29, 0.717) is 0 Å². The number of pyridine rings is 2. The average molecular weight is 559 g/mol. The number of hydrogen-bond donors (Lipinski definition) is 0. The standard InChI is InChI=1S/C42H26N2/c1-2-15-32-30(13-1)31-14-3-4-16-33(31)38-26-28(23-24-35(32)38)27-11-9-12-29(25-27)39-21-10-22-41(43-39)42-37-19-6-5-17-34(37)36-18-7-8-20-40(36)44-42/h1-26H. The smallest absolute Gasteiger partial charge is 0.0972 e. The van der Waals surface area contributed by atoms with Crippen molar-refractivity contribution in [2.24, 2.45) is 0 Å². The lowest BCUT2D eigenvalue weighted by Crippen LogP contribution is -1.93. The third-order valence-electron chi connectivity index (χ3n) is 8.84. The first kappa shape index (κ1) is 24.7. The number of rotatable bonds is 3. The molecule has 7 aromatic carbocycles. The molecule has 0 aliphatic rings. The summed E-state index contributed by atoms with van der Waals surface area (Å²) in [7, 11) is 0. The molecule has 0 bridgehead atoms. The summed E-state index contributed by atoms with van der Waals surface area (Å²) in [5.74, 6) is 0. The third kappa shape index (κ3) is 3.89. The monoisotopic (exact) mass is 558 g/mol. The van der Waals surface area contributed by atoms with Crippen LogP contribution in [0.2, 0.25) is 0 Å². The molecule has 0 N–H and O–H groups in total. The Morgan fingerprint density at radius 3 is 1.50 bits per heavy atom. The summed E-state index contributed by atoms with van der Waals surface area (Å²) in [6, 6.07) is 56.1. The molecule has 0 unspecified atom stereocenters. The fourth-order valence-corrected chi connectivity index (χ4v) is 6.77. The molecule has 0 radical (unpaired) electrons. The fourth-order valence-electron chi connectivity index (χ4n) is 6.77. The second-order valence-corrected chi connectivity index (χ2v) is 11.4. The van der Waals surface area contributed by atoms with E-state index in [1.54, 1.807) is 0 Å². The normalized spacial score (nSPS) is 11.6. The minimum atomic E-state index is 0.874. The largest absolute Gasteiger partial charge is 0.246 e. The van der Waals surface area contributed by atoms with Crippen LogP contribution in [-0.2, 0) is 0 Å². The van der Waals surface area contributed by atoms with Gasteiger partial charge in [-0.3, -0.25) is 0 Å². The van der Waals surface area contributed by atoms with Crippen molar-refractivity contribution in [2.75, 3.05) is 0 Å². The van der Waals surface area contributed by atoms with Crippen LogP contribution in [0.3, 0.4) is 0 Å². The van der Waals surface area contributed by atoms with Gasteiger partial charge >= 0.3 is 0 Å². The topological polar surface area (TPSA) is 25.8 Å². The first-order valence-corrected chi connectivity index (χ1v) is 15.0. The molecule has 0 saturated carbocycles. The van der Waals surface area contributed by atoms with Crippen molar-refractivity contribution in [3.05, 3.63) is 158 Å². The van der Waals surface area contributed by atoms with Crippen molar-refractivity contribution in [3.8, 4) is 33.8 Å². The van der Waals surface area contributed by atoms with E-state index in [0.717, 1.165) is 38.9 Å². The Morgan fingerprint density at radius 2 is 0.773 bits per heavy atom. The molecular weight excluding hydrogens is 532 g/mol. The van der Waals surface area contributed by atoms with E-state index in [2.05, 4.69) is 152 Å². The molecular formula is C42H26N2. The lowest BCUT2D eigenvalue weighted by molar-refractivity contribution is 1.29. The molecule has 2 aromatic heterocycles. The lowest BCUT2D eigenvalue weighted by Gasteiger charge is -2.13. The van der Waals surface area contributed by atoms with E-state index in [9.17, 15) is 0 Å². The predicted molar refractivity (Wildman–Crippen MR) is 186 cm³/mol. The number of aromatic nitrogens is 2. The van der Waals surface area contributed by atoms with Crippen molar-refractivity contribution in [1.82, 2.24) is 9.97 Å². The molecule has 0 amide bonds. The highest BCUT2D eigenvalue weighted by Crippen LogP contribution is 2.38. The van der Waals surface area contributed by atoms with Gasteiger partial charge in [-0.15, -0.1) is 0 Å². The zero-order valence-corrected chi connectivity index (χ0v) is 23.9. The van der Waals surface area contributed by atoms with Crippen LogP contribution in [0.15, 0.2) is 158 Å². The van der Waals surface area contributed by atoms with Crippen molar-refractivity contribution in [2.45, 2.75) is 0 Å². The quantitative estimate of drug-likeness (QED) is 0.202. The van der Waals surface area contributed by atoms with Crippen LogP contribution in [-0.4, -0.2) is 9.97 Å². The van der Waals surface area contributed by atoms with E-state index < -0.39 is 0 Å². The molecule has 0 saturated heterocycles. The van der Waals surface area contributed by atoms with Gasteiger partial charge in [-0.05, 0) is 79.2 Å². The number of hydrogen-bond acceptors (Lipinski definition) is 2. The molecule has 2 nitrogen and oxygen atoms in total. The van der Waals surface area contributed by atoms with Gasteiger partial charge < -0.3 is 0 Å². The van der Waals surface area contributed by atoms with Crippen molar-refractivity contribution >= 4 is 54.0 Å². The maximum absolute atomic E-state index is 5.17. The summed E-state index contributed by atoms with van der Waals surface area (Å²) in [6.45, 7) is 0. The summed E-state index contributed by atoms with van der Waals surface area (Å²) in [4.78, 5) is 10.3. The van der Waals surface area contributed by atoms with Gasteiger partial charge in [0, 0.05) is 16.3 Å². The van der Waals surface area contributed by atoms with E-state index >= 15 is 0 Å². The molecule has 0 fully saturated rings. The maximum atomic E-state index is 5.17. The van der Waals surface area contributed by atoms with Gasteiger partial charge in [0.2, 0.25) is 0 Å². The van der Waals surface area contributed by atoms with Crippen molar-refractivity contribution in [3.63, 3.8) is 0 Å². The lowest BCUT2D eigenvalue weighted by atomic mass is 9.91. The van der Waals surface area contributed by atoms with E-state index in [1.165, 1.54) is 48.8 Å². The van der Waals surface area contributed by atoms with Crippen LogP contribution in [0.25, 0.3) is 87.8 Å². The first-order valence-electron chi connectivity index (χ1n) is 15.0. The molecule has 9 aromatic rings. The number of fused-ring (bicyclic) bond motifs is 9. The van der Waals surface area contributed by atoms with Crippen LogP contribution in [0, 0.1) is 0 Å². The maximum Gasteiger partial charge on any atom is 0.0972 e. The van der Waals surface area contributed by atoms with Crippen LogP contribution >= 0.6 is 0 Å². The zero-order valence-electron chi connectivity index (χ0n) is 23.9. The highest BCUT2D eigenvalue weighted by molar-refractivity contribution is 6.25. The summed E-state index contributed by atoms with van der Waals surface area (Å²) in [5.41, 5.74) is 7.14. The molecule has 0 atom stereocenters. The van der Waals surface area contributed by atoms with E-state index in [-0.39, 0.29) is 0 Å². The van der Waals surface area contributed by atoms with Crippen molar-refractivity contribution in [1.29, 1.82) is 0 Å². The molecule has 2 heterocycles. The second kappa shape index (κ2) is 9.86. The molecule has 0 aliphatic heterocycles. The van der Waals surface area contributed by atoms with Crippen molar-refractivity contribution < 1.29 is 0 Å². The number of nitrogens with zero attached hydrogens (tertiary/aromatic N) is 2. The molecule has 9 rings (SSSR count). The molecule has 2 heteroatoms. The zero-order chi connectivity index (χ0) is 29.0. The van der Waals surface area contributed by atoms with Crippen LogP contribution in [0.5, 0.6) is 0 Å². The van der Waals surface area contributed by atoms with Gasteiger partial charge in [0.25, 0.3) is 0 Å². The Balaban J connectivity index is 1.18. The van der Waals surface area contributed by atoms with Gasteiger partial charge in [0.05, 0.1) is 22.6 Å². The third-order valence-corrected chi connectivity index (χ3v) is 8.84. The number of para-hydroxylation sites is 1. The van der Waals surface area contributed by atoms with Gasteiger partial charge in [0.1, 0.15) is 0 Å². The SMILES string of the molecule is c1cc(-c2ccc3c4ccccc4c4ccccc4c3c2)cc(-c2cccc(-c3nc4ccccc4c4ccccc34)n2)c1. The summed E-state index contributed by atoms with van der Waals surface area (Å²) in [5, 5.41) is 11.2. The molecule has 0 spiro atoms. The summed E-state index contributed by atoms with van der Waals surface area (Å²) in [6.07, 6.45) is 0. The van der Waals surface area contributed by atoms with Gasteiger partial charge in [-0.1, -0.05) is 127 Å². The highest BCUT2D eigenvalue weighted by Gasteiger charge is 2.13. The van der Waals surface area contributed by atoms with Crippen LogP contribution in [0.4, 0.5) is 0 Å². The summed E-state index contributed by atoms with van der Waals surface area (Å²) >= 11 is 0. The molecule has 204 valence electrons. The van der Waals surface area contributed by atoms with Crippen LogP contribution in [0.1, 0.15) is 0 Å².